The van der Waals surface area contributed by atoms with E-state index in [0.717, 1.165) is 0 Å². The first-order valence-corrected chi connectivity index (χ1v) is 5.33. The van der Waals surface area contributed by atoms with E-state index in [2.05, 4.69) is 4.74 Å². The Kier molecular flexibility index (Phi) is 4.61. The van der Waals surface area contributed by atoms with Gasteiger partial charge in [0.15, 0.2) is 5.60 Å². The number of carbonyl (C=O) groups excluding carboxylic acids is 1. The number of ether oxygens (including phenoxy) is 2. The van der Waals surface area contributed by atoms with E-state index in [1.165, 1.54) is 31.2 Å². The van der Waals surface area contributed by atoms with E-state index in [-0.39, 0.29) is 17.9 Å². The minimum absolute atomic E-state index is 0.113. The molecule has 0 aliphatic carbocycles. The number of esters is 1. The fourth-order valence-corrected chi connectivity index (χ4v) is 1.36. The zero-order valence-electron chi connectivity index (χ0n) is 10.0. The third-order valence-corrected chi connectivity index (χ3v) is 2.29. The number of aliphatic hydroxyl groups is 1. The number of hydrogen-bond donors (Lipinski definition) is 1. The summed E-state index contributed by atoms with van der Waals surface area (Å²) in [6.45, 7) is -0.0216. The second kappa shape index (κ2) is 5.77. The Hall–Kier alpha value is -1.69. The Bertz CT molecular complexity index is 418. The van der Waals surface area contributed by atoms with E-state index < -0.39 is 18.2 Å². The van der Waals surface area contributed by atoms with Crippen LogP contribution in [0.2, 0.25) is 0 Å². The maximum absolute atomic E-state index is 12.1. The van der Waals surface area contributed by atoms with E-state index in [4.69, 9.17) is 4.74 Å². The molecule has 0 saturated heterocycles. The number of rotatable bonds is 5. The van der Waals surface area contributed by atoms with Crippen LogP contribution in [0.25, 0.3) is 0 Å². The number of halogens is 2. The van der Waals surface area contributed by atoms with Crippen LogP contribution in [0, 0.1) is 0 Å². The molecule has 1 aromatic rings. The van der Waals surface area contributed by atoms with Gasteiger partial charge in [-0.1, -0.05) is 12.1 Å². The molecule has 0 amide bonds. The molecule has 0 spiro atoms. The summed E-state index contributed by atoms with van der Waals surface area (Å²) in [6, 6.07) is 5.30. The van der Waals surface area contributed by atoms with E-state index in [9.17, 15) is 18.7 Å². The number of carbonyl (C=O) groups is 1. The fourth-order valence-electron chi connectivity index (χ4n) is 1.36. The summed E-state index contributed by atoms with van der Waals surface area (Å²) >= 11 is 0. The van der Waals surface area contributed by atoms with Crippen LogP contribution in [0.15, 0.2) is 24.3 Å². The van der Waals surface area contributed by atoms with Crippen LogP contribution in [0.3, 0.4) is 0 Å². The van der Waals surface area contributed by atoms with Gasteiger partial charge < -0.3 is 14.6 Å². The highest BCUT2D eigenvalue weighted by molar-refractivity contribution is 5.80. The predicted molar refractivity (Wildman–Crippen MR) is 59.3 cm³/mol. The Morgan fingerprint density at radius 2 is 2.17 bits per heavy atom. The van der Waals surface area contributed by atoms with Gasteiger partial charge >= 0.3 is 12.6 Å². The van der Waals surface area contributed by atoms with Gasteiger partial charge in [0.2, 0.25) is 0 Å². The van der Waals surface area contributed by atoms with Gasteiger partial charge in [0.25, 0.3) is 0 Å². The van der Waals surface area contributed by atoms with Crippen LogP contribution in [0.5, 0.6) is 5.75 Å². The monoisotopic (exact) mass is 260 g/mol. The summed E-state index contributed by atoms with van der Waals surface area (Å²) in [7, 11) is 0. The highest BCUT2D eigenvalue weighted by Crippen LogP contribution is 2.26. The van der Waals surface area contributed by atoms with E-state index >= 15 is 0 Å². The molecule has 0 aliphatic heterocycles. The quantitative estimate of drug-likeness (QED) is 0.823. The molecular weight excluding hydrogens is 246 g/mol. The summed E-state index contributed by atoms with van der Waals surface area (Å²) in [6.07, 6.45) is 0. The van der Waals surface area contributed by atoms with Crippen LogP contribution >= 0.6 is 0 Å². The molecule has 18 heavy (non-hydrogen) atoms. The van der Waals surface area contributed by atoms with Crippen molar-refractivity contribution in [1.29, 1.82) is 0 Å². The van der Waals surface area contributed by atoms with Crippen molar-refractivity contribution in [1.82, 2.24) is 0 Å². The fraction of sp³-hybridized carbons (Fsp3) is 0.417. The molecule has 100 valence electrons. The summed E-state index contributed by atoms with van der Waals surface area (Å²) < 4.78 is 33.0. The SMILES string of the molecule is CCOC(=O)C(C)(O)c1cccc(OC(F)F)c1. The highest BCUT2D eigenvalue weighted by Gasteiger charge is 2.34. The second-order valence-corrected chi connectivity index (χ2v) is 3.70. The van der Waals surface area contributed by atoms with Gasteiger partial charge in [-0.2, -0.15) is 8.78 Å². The van der Waals surface area contributed by atoms with Crippen LogP contribution < -0.4 is 4.74 Å². The van der Waals surface area contributed by atoms with Crippen molar-refractivity contribution in [3.05, 3.63) is 29.8 Å². The minimum atomic E-state index is -2.97. The lowest BCUT2D eigenvalue weighted by molar-refractivity contribution is -0.164. The summed E-state index contributed by atoms with van der Waals surface area (Å²) in [5, 5.41) is 10.0. The van der Waals surface area contributed by atoms with Crippen molar-refractivity contribution in [2.24, 2.45) is 0 Å². The summed E-state index contributed by atoms with van der Waals surface area (Å²) in [5.41, 5.74) is -1.78. The highest BCUT2D eigenvalue weighted by atomic mass is 19.3. The molecule has 1 atom stereocenters. The third-order valence-electron chi connectivity index (χ3n) is 2.29. The lowest BCUT2D eigenvalue weighted by atomic mass is 9.96. The molecule has 0 radical (unpaired) electrons. The van der Waals surface area contributed by atoms with Crippen molar-refractivity contribution < 1.29 is 28.2 Å². The molecule has 1 N–H and O–H groups in total. The average Bonchev–Trinajstić information content (AvgIpc) is 2.28. The smallest absolute Gasteiger partial charge is 0.387 e. The second-order valence-electron chi connectivity index (χ2n) is 3.70. The third kappa shape index (κ3) is 3.40. The molecule has 0 bridgehead atoms. The molecule has 1 unspecified atom stereocenters. The standard InChI is InChI=1S/C12H14F2O4/c1-3-17-10(15)12(2,16)8-5-4-6-9(7-8)18-11(13)14/h4-7,11,16H,3H2,1-2H3. The summed E-state index contributed by atoms with van der Waals surface area (Å²) in [5.74, 6) is -0.980. The minimum Gasteiger partial charge on any atom is -0.464 e. The largest absolute Gasteiger partial charge is 0.464 e. The van der Waals surface area contributed by atoms with Crippen molar-refractivity contribution in [3.8, 4) is 5.75 Å². The molecule has 0 aliphatic rings. The molecule has 0 aromatic heterocycles. The zero-order valence-corrected chi connectivity index (χ0v) is 10.0. The van der Waals surface area contributed by atoms with E-state index in [1.807, 2.05) is 0 Å². The molecule has 1 aromatic carbocycles. The average molecular weight is 260 g/mol. The first kappa shape index (κ1) is 14.4. The van der Waals surface area contributed by atoms with Crippen molar-refractivity contribution in [2.75, 3.05) is 6.61 Å². The number of benzene rings is 1. The summed E-state index contributed by atoms with van der Waals surface area (Å²) in [4.78, 5) is 11.5. The van der Waals surface area contributed by atoms with Crippen LogP contribution in [-0.4, -0.2) is 24.3 Å². The molecule has 0 fully saturated rings. The lowest BCUT2D eigenvalue weighted by Gasteiger charge is -2.21. The van der Waals surface area contributed by atoms with Gasteiger partial charge in [0.1, 0.15) is 5.75 Å². The first-order chi connectivity index (χ1) is 8.37. The molecule has 4 nitrogen and oxygen atoms in total. The molecule has 1 rings (SSSR count). The molecule has 0 saturated carbocycles. The Balaban J connectivity index is 2.97. The number of alkyl halides is 2. The van der Waals surface area contributed by atoms with E-state index in [1.54, 1.807) is 6.92 Å². The van der Waals surface area contributed by atoms with Crippen molar-refractivity contribution in [2.45, 2.75) is 26.1 Å². The van der Waals surface area contributed by atoms with Gasteiger partial charge in [-0.15, -0.1) is 0 Å². The predicted octanol–water partition coefficient (Wildman–Crippen LogP) is 2.06. The van der Waals surface area contributed by atoms with Gasteiger partial charge in [0, 0.05) is 0 Å². The van der Waals surface area contributed by atoms with Gasteiger partial charge in [-0.3, -0.25) is 0 Å². The Labute approximate surface area is 103 Å². The normalized spacial score (nSPS) is 14.1. The maximum atomic E-state index is 12.1. The molecular formula is C12H14F2O4. The van der Waals surface area contributed by atoms with Crippen LogP contribution in [-0.2, 0) is 15.1 Å². The zero-order chi connectivity index (χ0) is 13.8. The topological polar surface area (TPSA) is 55.8 Å². The van der Waals surface area contributed by atoms with Gasteiger partial charge in [-0.25, -0.2) is 4.79 Å². The van der Waals surface area contributed by atoms with Crippen LogP contribution in [0.4, 0.5) is 8.78 Å². The first-order valence-electron chi connectivity index (χ1n) is 5.33. The van der Waals surface area contributed by atoms with Gasteiger partial charge in [0.05, 0.1) is 6.61 Å². The van der Waals surface area contributed by atoms with Crippen LogP contribution in [0.1, 0.15) is 19.4 Å². The Morgan fingerprint density at radius 3 is 2.72 bits per heavy atom. The number of hydrogen-bond acceptors (Lipinski definition) is 4. The van der Waals surface area contributed by atoms with Crippen molar-refractivity contribution in [3.63, 3.8) is 0 Å². The molecule has 0 heterocycles. The van der Waals surface area contributed by atoms with Crippen molar-refractivity contribution >= 4 is 5.97 Å². The van der Waals surface area contributed by atoms with E-state index in [0.29, 0.717) is 0 Å². The maximum Gasteiger partial charge on any atom is 0.387 e. The Morgan fingerprint density at radius 1 is 1.50 bits per heavy atom. The molecule has 6 heteroatoms. The van der Waals surface area contributed by atoms with Gasteiger partial charge in [-0.05, 0) is 31.5 Å². The lowest BCUT2D eigenvalue weighted by Crippen LogP contribution is -2.34.